The summed E-state index contributed by atoms with van der Waals surface area (Å²) in [7, 11) is 0. The molecule has 0 amide bonds. The number of aromatic nitrogens is 4. The van der Waals surface area contributed by atoms with Crippen LogP contribution in [0.2, 0.25) is 0 Å². The maximum atomic E-state index is 8.64. The number of hydrogen-bond donors (Lipinski definition) is 1. The fraction of sp³-hybridized carbons (Fsp3) is 0.143. The molecule has 0 bridgehead atoms. The van der Waals surface area contributed by atoms with Crippen molar-refractivity contribution in [3.63, 3.8) is 0 Å². The van der Waals surface area contributed by atoms with Crippen LogP contribution in [-0.4, -0.2) is 19.8 Å². The number of fused-ring (bicyclic) bond motifs is 1. The molecule has 2 heterocycles. The second-order valence-electron chi connectivity index (χ2n) is 2.62. The van der Waals surface area contributed by atoms with Crippen LogP contribution in [0.15, 0.2) is 6.07 Å². The van der Waals surface area contributed by atoms with Gasteiger partial charge in [-0.1, -0.05) is 0 Å². The molecule has 0 fully saturated rings. The fourth-order valence-electron chi connectivity index (χ4n) is 1.10. The lowest BCUT2D eigenvalue weighted by atomic mass is 10.3. The van der Waals surface area contributed by atoms with Gasteiger partial charge in [0.25, 0.3) is 0 Å². The number of nitriles is 1. The minimum Gasteiger partial charge on any atom is -0.366 e. The lowest BCUT2D eigenvalue weighted by Gasteiger charge is -1.96. The van der Waals surface area contributed by atoms with Gasteiger partial charge in [-0.3, -0.25) is 0 Å². The number of aryl methyl sites for hydroxylation is 1. The molecular weight excluding hydrogens is 168 g/mol. The Hall–Kier alpha value is -2.16. The van der Waals surface area contributed by atoms with Crippen LogP contribution < -0.4 is 5.73 Å². The summed E-state index contributed by atoms with van der Waals surface area (Å²) >= 11 is 0. The molecular formula is C7H6N6. The van der Waals surface area contributed by atoms with Gasteiger partial charge >= 0.3 is 0 Å². The highest BCUT2D eigenvalue weighted by atomic mass is 15.4. The summed E-state index contributed by atoms with van der Waals surface area (Å²) in [5, 5.41) is 20.0. The highest BCUT2D eigenvalue weighted by Gasteiger charge is 2.07. The Bertz CT molecular complexity index is 505. The van der Waals surface area contributed by atoms with Gasteiger partial charge in [-0.2, -0.15) is 14.9 Å². The quantitative estimate of drug-likeness (QED) is 0.601. The monoisotopic (exact) mass is 174 g/mol. The third-order valence-corrected chi connectivity index (χ3v) is 1.69. The maximum absolute atomic E-state index is 8.64. The van der Waals surface area contributed by atoms with Crippen molar-refractivity contribution in [3.8, 4) is 6.07 Å². The van der Waals surface area contributed by atoms with Gasteiger partial charge in [-0.15, -0.1) is 10.2 Å². The summed E-state index contributed by atoms with van der Waals surface area (Å²) < 4.78 is 1.36. The van der Waals surface area contributed by atoms with Crippen LogP contribution in [0, 0.1) is 18.3 Å². The summed E-state index contributed by atoms with van der Waals surface area (Å²) in [6, 6.07) is 3.58. The van der Waals surface area contributed by atoms with Gasteiger partial charge in [-0.05, 0) is 18.6 Å². The van der Waals surface area contributed by atoms with E-state index in [1.807, 2.05) is 13.0 Å². The van der Waals surface area contributed by atoms with Crippen molar-refractivity contribution >= 4 is 11.6 Å². The van der Waals surface area contributed by atoms with Gasteiger partial charge in [0.05, 0.1) is 0 Å². The van der Waals surface area contributed by atoms with Gasteiger partial charge in [0, 0.05) is 0 Å². The van der Waals surface area contributed by atoms with E-state index in [9.17, 15) is 0 Å². The van der Waals surface area contributed by atoms with Crippen LogP contribution in [0.1, 0.15) is 11.3 Å². The molecule has 0 spiro atoms. The van der Waals surface area contributed by atoms with E-state index in [0.29, 0.717) is 11.3 Å². The first-order valence-electron chi connectivity index (χ1n) is 3.61. The standard InChI is InChI=1S/C7H6N6/c1-4-2-5(3-8)12-13-6(4)10-11-7(13)9/h2H,1H3,(H2,9,11). The molecule has 0 unspecified atom stereocenters. The molecule has 2 N–H and O–H groups in total. The maximum Gasteiger partial charge on any atom is 0.243 e. The first-order valence-corrected chi connectivity index (χ1v) is 3.61. The van der Waals surface area contributed by atoms with Crippen molar-refractivity contribution in [2.24, 2.45) is 0 Å². The zero-order valence-corrected chi connectivity index (χ0v) is 6.89. The Labute approximate surface area is 73.6 Å². The number of anilines is 1. The van der Waals surface area contributed by atoms with E-state index in [4.69, 9.17) is 11.0 Å². The Morgan fingerprint density at radius 2 is 2.31 bits per heavy atom. The zero-order valence-electron chi connectivity index (χ0n) is 6.89. The molecule has 2 aromatic heterocycles. The summed E-state index contributed by atoms with van der Waals surface area (Å²) in [6.45, 7) is 1.83. The Morgan fingerprint density at radius 1 is 1.54 bits per heavy atom. The molecule has 0 radical (unpaired) electrons. The zero-order chi connectivity index (χ0) is 9.42. The van der Waals surface area contributed by atoms with Crippen molar-refractivity contribution in [2.75, 3.05) is 5.73 Å². The molecule has 0 aliphatic rings. The van der Waals surface area contributed by atoms with Crippen LogP contribution in [0.25, 0.3) is 5.65 Å². The van der Waals surface area contributed by atoms with Crippen molar-refractivity contribution in [2.45, 2.75) is 6.92 Å². The van der Waals surface area contributed by atoms with E-state index in [2.05, 4.69) is 15.3 Å². The molecule has 64 valence electrons. The Morgan fingerprint density at radius 3 is 3.00 bits per heavy atom. The normalized spacial score (nSPS) is 10.2. The van der Waals surface area contributed by atoms with E-state index < -0.39 is 0 Å². The van der Waals surface area contributed by atoms with Crippen LogP contribution in [-0.2, 0) is 0 Å². The topological polar surface area (TPSA) is 92.9 Å². The predicted octanol–water partition coefficient (Wildman–Crippen LogP) is -0.113. The summed E-state index contributed by atoms with van der Waals surface area (Å²) in [6.07, 6.45) is 0. The van der Waals surface area contributed by atoms with E-state index in [-0.39, 0.29) is 5.95 Å². The summed E-state index contributed by atoms with van der Waals surface area (Å²) in [4.78, 5) is 0. The minimum absolute atomic E-state index is 0.190. The Kier molecular flexibility index (Phi) is 1.39. The summed E-state index contributed by atoms with van der Waals surface area (Å²) in [5.41, 5.74) is 7.20. The van der Waals surface area contributed by atoms with E-state index in [1.54, 1.807) is 6.07 Å². The molecule has 13 heavy (non-hydrogen) atoms. The number of nitrogen functional groups attached to an aromatic ring is 1. The lowest BCUT2D eigenvalue weighted by Crippen LogP contribution is -2.01. The molecule has 2 aromatic rings. The third-order valence-electron chi connectivity index (χ3n) is 1.69. The van der Waals surface area contributed by atoms with Gasteiger partial charge in [-0.25, -0.2) is 0 Å². The Balaban J connectivity index is 2.90. The van der Waals surface area contributed by atoms with Gasteiger partial charge in [0.15, 0.2) is 11.3 Å². The molecule has 6 heteroatoms. The number of nitrogens with zero attached hydrogens (tertiary/aromatic N) is 5. The first kappa shape index (κ1) is 7.49. The molecule has 0 aliphatic heterocycles. The summed E-state index contributed by atoms with van der Waals surface area (Å²) in [5.74, 6) is 0.190. The smallest absolute Gasteiger partial charge is 0.243 e. The molecule has 0 aromatic carbocycles. The highest BCUT2D eigenvalue weighted by molar-refractivity contribution is 5.50. The molecule has 6 nitrogen and oxygen atoms in total. The van der Waals surface area contributed by atoms with Crippen molar-refractivity contribution in [3.05, 3.63) is 17.3 Å². The highest BCUT2D eigenvalue weighted by Crippen LogP contribution is 2.09. The van der Waals surface area contributed by atoms with Crippen molar-refractivity contribution in [1.29, 1.82) is 5.26 Å². The van der Waals surface area contributed by atoms with Gasteiger partial charge in [0.2, 0.25) is 5.95 Å². The average molecular weight is 174 g/mol. The molecule has 2 rings (SSSR count). The second-order valence-corrected chi connectivity index (χ2v) is 2.62. The van der Waals surface area contributed by atoms with E-state index >= 15 is 0 Å². The lowest BCUT2D eigenvalue weighted by molar-refractivity contribution is 0.918. The SMILES string of the molecule is Cc1cc(C#N)nn2c(N)nnc12. The van der Waals surface area contributed by atoms with Gasteiger partial charge < -0.3 is 5.73 Å². The average Bonchev–Trinajstić information content (AvgIpc) is 2.48. The van der Waals surface area contributed by atoms with Crippen LogP contribution in [0.3, 0.4) is 0 Å². The molecule has 0 saturated heterocycles. The molecule has 0 aliphatic carbocycles. The number of rotatable bonds is 0. The minimum atomic E-state index is 0.190. The first-order chi connectivity index (χ1) is 6.22. The molecule has 0 saturated carbocycles. The number of hydrogen-bond acceptors (Lipinski definition) is 5. The van der Waals surface area contributed by atoms with E-state index in [1.165, 1.54) is 4.52 Å². The van der Waals surface area contributed by atoms with Crippen molar-refractivity contribution < 1.29 is 0 Å². The van der Waals surface area contributed by atoms with Crippen LogP contribution >= 0.6 is 0 Å². The van der Waals surface area contributed by atoms with Crippen molar-refractivity contribution in [1.82, 2.24) is 19.8 Å². The van der Waals surface area contributed by atoms with Crippen LogP contribution in [0.5, 0.6) is 0 Å². The van der Waals surface area contributed by atoms with Gasteiger partial charge in [0.1, 0.15) is 6.07 Å². The van der Waals surface area contributed by atoms with Crippen LogP contribution in [0.4, 0.5) is 5.95 Å². The third kappa shape index (κ3) is 0.980. The molecule has 0 atom stereocenters. The fourth-order valence-corrected chi connectivity index (χ4v) is 1.10. The largest absolute Gasteiger partial charge is 0.366 e. The second kappa shape index (κ2) is 2.42. The number of nitrogens with two attached hydrogens (primary N) is 1. The van der Waals surface area contributed by atoms with E-state index in [0.717, 1.165) is 5.56 Å². The predicted molar refractivity (Wildman–Crippen MR) is 44.6 cm³/mol.